The highest BCUT2D eigenvalue weighted by Crippen LogP contribution is 2.11. The number of unbranched alkanes of at least 4 members (excludes halogenated alkanes) is 14. The summed E-state index contributed by atoms with van der Waals surface area (Å²) in [6.07, 6.45) is 45.1. The summed E-state index contributed by atoms with van der Waals surface area (Å²) >= 11 is 0. The first-order valence-corrected chi connectivity index (χ1v) is 17.6. The van der Waals surface area contributed by atoms with E-state index in [0.29, 0.717) is 12.8 Å². The van der Waals surface area contributed by atoms with Crippen molar-refractivity contribution in [2.75, 3.05) is 13.2 Å². The van der Waals surface area contributed by atoms with Gasteiger partial charge in [-0.05, 0) is 51.4 Å². The zero-order valence-electron chi connectivity index (χ0n) is 28.1. The number of hydrogen-bond donors (Lipinski definition) is 1. The van der Waals surface area contributed by atoms with E-state index in [-0.39, 0.29) is 25.2 Å². The van der Waals surface area contributed by atoms with Crippen LogP contribution < -0.4 is 0 Å². The lowest BCUT2D eigenvalue weighted by Gasteiger charge is -2.15. The topological polar surface area (TPSA) is 72.8 Å². The van der Waals surface area contributed by atoms with Crippen molar-refractivity contribution < 1.29 is 24.2 Å². The summed E-state index contributed by atoms with van der Waals surface area (Å²) in [5, 5.41) is 9.52. The molecule has 0 saturated carbocycles. The van der Waals surface area contributed by atoms with E-state index in [1.54, 1.807) is 0 Å². The predicted octanol–water partition coefficient (Wildman–Crippen LogP) is 10.6. The Bertz CT molecular complexity index is 833. The lowest BCUT2D eigenvalue weighted by Crippen LogP contribution is -2.28. The number of esters is 2. The van der Waals surface area contributed by atoms with E-state index in [0.717, 1.165) is 89.9 Å². The molecule has 1 N–H and O–H groups in total. The molecule has 0 aromatic rings. The van der Waals surface area contributed by atoms with Gasteiger partial charge in [0.1, 0.15) is 6.61 Å². The van der Waals surface area contributed by atoms with Crippen LogP contribution in [-0.4, -0.2) is 36.4 Å². The van der Waals surface area contributed by atoms with Gasteiger partial charge in [-0.25, -0.2) is 0 Å². The van der Waals surface area contributed by atoms with Gasteiger partial charge >= 0.3 is 11.9 Å². The molecule has 5 nitrogen and oxygen atoms in total. The summed E-state index contributed by atoms with van der Waals surface area (Å²) in [6, 6.07) is 0. The number of carbonyl (C=O) groups is 2. The standard InChI is InChI=1S/C39H64O5/c1-3-5-7-9-11-13-15-17-19-21-23-25-27-29-31-33-38(41)43-36-37(35-40)44-39(42)34-32-30-28-26-24-22-20-18-16-14-12-10-8-6-4-2/h9-20,37,40H,3-8,21-36H2,1-2H3/b11-9-,12-10-,15-13-,16-14-,19-17+,20-18+. The molecule has 0 spiro atoms. The first-order chi connectivity index (χ1) is 21.6. The summed E-state index contributed by atoms with van der Waals surface area (Å²) in [7, 11) is 0. The molecule has 0 radical (unpaired) electrons. The molecule has 250 valence electrons. The number of rotatable bonds is 30. The molecule has 44 heavy (non-hydrogen) atoms. The van der Waals surface area contributed by atoms with Crippen molar-refractivity contribution in [2.24, 2.45) is 0 Å². The minimum absolute atomic E-state index is 0.0891. The first-order valence-electron chi connectivity index (χ1n) is 17.6. The number of carbonyl (C=O) groups excluding carboxylic acids is 2. The summed E-state index contributed by atoms with van der Waals surface area (Å²) in [5.41, 5.74) is 0. The Labute approximate surface area is 270 Å². The molecule has 0 aromatic carbocycles. The van der Waals surface area contributed by atoms with Crippen LogP contribution in [0, 0.1) is 0 Å². The molecule has 0 saturated heterocycles. The van der Waals surface area contributed by atoms with Crippen LogP contribution in [0.5, 0.6) is 0 Å². The molecule has 5 heteroatoms. The molecule has 0 amide bonds. The Balaban J connectivity index is 3.70. The van der Waals surface area contributed by atoms with Gasteiger partial charge < -0.3 is 14.6 Å². The fourth-order valence-electron chi connectivity index (χ4n) is 4.35. The SMILES string of the molecule is CCCC\C=C/C=C\C=C\CCCCCCCC(=O)OCC(CO)OC(=O)CCCCCCC/C=C/C=C\C=C/CCCC. The normalized spacial score (nSPS) is 13.1. The van der Waals surface area contributed by atoms with Crippen LogP contribution in [0.1, 0.15) is 142 Å². The maximum Gasteiger partial charge on any atom is 0.306 e. The Kier molecular flexibility index (Phi) is 32.7. The number of hydrogen-bond acceptors (Lipinski definition) is 5. The minimum atomic E-state index is -0.793. The van der Waals surface area contributed by atoms with Crippen LogP contribution in [0.25, 0.3) is 0 Å². The van der Waals surface area contributed by atoms with Crippen LogP contribution in [0.15, 0.2) is 72.9 Å². The molecular formula is C39H64O5. The number of allylic oxidation sites excluding steroid dienone is 12. The van der Waals surface area contributed by atoms with E-state index in [2.05, 4.69) is 86.8 Å². The van der Waals surface area contributed by atoms with Crippen LogP contribution in [0.3, 0.4) is 0 Å². The number of ether oxygens (including phenoxy) is 2. The van der Waals surface area contributed by atoms with Crippen molar-refractivity contribution in [3.63, 3.8) is 0 Å². The van der Waals surface area contributed by atoms with Crippen molar-refractivity contribution in [2.45, 2.75) is 148 Å². The molecule has 1 unspecified atom stereocenters. The van der Waals surface area contributed by atoms with E-state index < -0.39 is 6.10 Å². The summed E-state index contributed by atoms with van der Waals surface area (Å²) in [6.45, 7) is 3.97. The summed E-state index contributed by atoms with van der Waals surface area (Å²) in [5.74, 6) is -0.647. The van der Waals surface area contributed by atoms with Crippen LogP contribution in [0.4, 0.5) is 0 Å². The minimum Gasteiger partial charge on any atom is -0.462 e. The Morgan fingerprint density at radius 3 is 1.34 bits per heavy atom. The van der Waals surface area contributed by atoms with E-state index in [1.807, 2.05) is 0 Å². The van der Waals surface area contributed by atoms with E-state index in [4.69, 9.17) is 9.47 Å². The van der Waals surface area contributed by atoms with Gasteiger partial charge in [0.2, 0.25) is 0 Å². The molecule has 0 rings (SSSR count). The van der Waals surface area contributed by atoms with Crippen molar-refractivity contribution in [3.05, 3.63) is 72.9 Å². The van der Waals surface area contributed by atoms with Gasteiger partial charge in [-0.3, -0.25) is 9.59 Å². The zero-order chi connectivity index (χ0) is 32.2. The van der Waals surface area contributed by atoms with E-state index >= 15 is 0 Å². The second-order valence-electron chi connectivity index (χ2n) is 11.4. The fourth-order valence-corrected chi connectivity index (χ4v) is 4.35. The average Bonchev–Trinajstić information content (AvgIpc) is 3.02. The monoisotopic (exact) mass is 612 g/mol. The van der Waals surface area contributed by atoms with Gasteiger partial charge in [-0.2, -0.15) is 0 Å². The van der Waals surface area contributed by atoms with Gasteiger partial charge in [0.25, 0.3) is 0 Å². The summed E-state index contributed by atoms with van der Waals surface area (Å²) < 4.78 is 10.5. The van der Waals surface area contributed by atoms with E-state index in [9.17, 15) is 14.7 Å². The van der Waals surface area contributed by atoms with Crippen molar-refractivity contribution >= 4 is 11.9 Å². The second kappa shape index (κ2) is 34.8. The Hall–Kier alpha value is -2.66. The third-order valence-corrected chi connectivity index (χ3v) is 7.10. The average molecular weight is 613 g/mol. The van der Waals surface area contributed by atoms with Crippen LogP contribution in [-0.2, 0) is 19.1 Å². The predicted molar refractivity (Wildman–Crippen MR) is 186 cm³/mol. The van der Waals surface area contributed by atoms with Crippen molar-refractivity contribution in [3.8, 4) is 0 Å². The lowest BCUT2D eigenvalue weighted by molar-refractivity contribution is -0.161. The fraction of sp³-hybridized carbons (Fsp3) is 0.641. The quantitative estimate of drug-likeness (QED) is 0.0496. The maximum absolute atomic E-state index is 12.1. The number of aliphatic hydroxyl groups is 1. The number of aliphatic hydroxyl groups excluding tert-OH is 1. The van der Waals surface area contributed by atoms with Gasteiger partial charge in [0.15, 0.2) is 6.10 Å². The highest BCUT2D eigenvalue weighted by molar-refractivity contribution is 5.70. The Morgan fingerprint density at radius 2 is 0.909 bits per heavy atom. The molecule has 0 aromatic heterocycles. The largest absolute Gasteiger partial charge is 0.462 e. The maximum atomic E-state index is 12.1. The van der Waals surface area contributed by atoms with Crippen molar-refractivity contribution in [1.82, 2.24) is 0 Å². The first kappa shape index (κ1) is 41.3. The Morgan fingerprint density at radius 1 is 0.523 bits per heavy atom. The van der Waals surface area contributed by atoms with Gasteiger partial charge in [0, 0.05) is 12.8 Å². The van der Waals surface area contributed by atoms with Gasteiger partial charge in [-0.1, -0.05) is 151 Å². The van der Waals surface area contributed by atoms with Gasteiger partial charge in [0.05, 0.1) is 6.61 Å². The molecule has 0 aliphatic carbocycles. The lowest BCUT2D eigenvalue weighted by atomic mass is 10.1. The molecule has 0 aliphatic heterocycles. The van der Waals surface area contributed by atoms with Gasteiger partial charge in [-0.15, -0.1) is 0 Å². The summed E-state index contributed by atoms with van der Waals surface area (Å²) in [4.78, 5) is 24.2. The smallest absolute Gasteiger partial charge is 0.306 e. The van der Waals surface area contributed by atoms with Crippen LogP contribution >= 0.6 is 0 Å². The highest BCUT2D eigenvalue weighted by atomic mass is 16.6. The molecular weight excluding hydrogens is 548 g/mol. The third kappa shape index (κ3) is 32.3. The molecule has 0 bridgehead atoms. The molecule has 0 heterocycles. The van der Waals surface area contributed by atoms with E-state index in [1.165, 1.54) is 25.7 Å². The second-order valence-corrected chi connectivity index (χ2v) is 11.4. The van der Waals surface area contributed by atoms with Crippen molar-refractivity contribution in [1.29, 1.82) is 0 Å². The highest BCUT2D eigenvalue weighted by Gasteiger charge is 2.16. The molecule has 0 fully saturated rings. The van der Waals surface area contributed by atoms with Crippen LogP contribution in [0.2, 0.25) is 0 Å². The molecule has 0 aliphatic rings. The molecule has 1 atom stereocenters. The third-order valence-electron chi connectivity index (χ3n) is 7.10. The zero-order valence-corrected chi connectivity index (χ0v) is 28.1.